The van der Waals surface area contributed by atoms with Crippen LogP contribution in [-0.2, 0) is 11.3 Å². The van der Waals surface area contributed by atoms with Crippen LogP contribution in [0.5, 0.6) is 0 Å². The number of hydrogen-bond donors (Lipinski definition) is 2. The Morgan fingerprint density at radius 3 is 2.74 bits per heavy atom. The molecule has 0 spiro atoms. The largest absolute Gasteiger partial charge is 0.369 e. The molecule has 0 radical (unpaired) electrons. The molecule has 1 aromatic carbocycles. The number of halogens is 1. The van der Waals surface area contributed by atoms with E-state index in [0.717, 1.165) is 17.7 Å². The standard InChI is InChI=1S/C19H24FN5O2/c1-2-19(17(21)26)8-3-9-24(13-19)18(27)22-10-14-11-23-25(12-14)16-6-4-15(20)5-7-16/h4-7,11-12H,2-3,8-10,13H2,1H3,(H2,21,26)(H,22,27). The van der Waals surface area contributed by atoms with E-state index in [-0.39, 0.29) is 17.8 Å². The van der Waals surface area contributed by atoms with Crippen LogP contribution < -0.4 is 11.1 Å². The number of primary amides is 1. The minimum atomic E-state index is -0.636. The first kappa shape index (κ1) is 18.9. The van der Waals surface area contributed by atoms with Crippen LogP contribution in [0.1, 0.15) is 31.7 Å². The molecule has 0 bridgehead atoms. The predicted molar refractivity (Wildman–Crippen MR) is 98.5 cm³/mol. The molecule has 27 heavy (non-hydrogen) atoms. The van der Waals surface area contributed by atoms with Gasteiger partial charge in [0.05, 0.1) is 17.3 Å². The second-order valence-corrected chi connectivity index (χ2v) is 6.95. The van der Waals surface area contributed by atoms with Crippen LogP contribution in [0.2, 0.25) is 0 Å². The second-order valence-electron chi connectivity index (χ2n) is 6.95. The van der Waals surface area contributed by atoms with E-state index in [9.17, 15) is 14.0 Å². The Kier molecular flexibility index (Phi) is 5.43. The molecule has 1 aliphatic rings. The van der Waals surface area contributed by atoms with E-state index in [1.165, 1.54) is 12.1 Å². The van der Waals surface area contributed by atoms with Gasteiger partial charge in [0.25, 0.3) is 0 Å². The van der Waals surface area contributed by atoms with Gasteiger partial charge in [-0.2, -0.15) is 5.10 Å². The van der Waals surface area contributed by atoms with Gasteiger partial charge in [-0.15, -0.1) is 0 Å². The van der Waals surface area contributed by atoms with Crippen molar-refractivity contribution in [3.05, 3.63) is 48.0 Å². The highest BCUT2D eigenvalue weighted by molar-refractivity contribution is 5.82. The Bertz CT molecular complexity index is 820. The van der Waals surface area contributed by atoms with E-state index in [1.807, 2.05) is 6.92 Å². The number of aromatic nitrogens is 2. The molecule has 7 nitrogen and oxygen atoms in total. The lowest BCUT2D eigenvalue weighted by Gasteiger charge is -2.40. The summed E-state index contributed by atoms with van der Waals surface area (Å²) in [6, 6.07) is 5.78. The summed E-state index contributed by atoms with van der Waals surface area (Å²) in [5.74, 6) is -0.651. The molecule has 1 fully saturated rings. The molecule has 1 saturated heterocycles. The maximum Gasteiger partial charge on any atom is 0.317 e. The van der Waals surface area contributed by atoms with Gasteiger partial charge in [0.1, 0.15) is 5.82 Å². The minimum Gasteiger partial charge on any atom is -0.369 e. The highest BCUT2D eigenvalue weighted by atomic mass is 19.1. The quantitative estimate of drug-likeness (QED) is 0.841. The van der Waals surface area contributed by atoms with Gasteiger partial charge in [0.15, 0.2) is 0 Å². The van der Waals surface area contributed by atoms with Crippen molar-refractivity contribution in [3.63, 3.8) is 0 Å². The van der Waals surface area contributed by atoms with E-state index < -0.39 is 5.41 Å². The van der Waals surface area contributed by atoms with Crippen LogP contribution in [0.3, 0.4) is 0 Å². The molecule has 1 unspecified atom stereocenters. The van der Waals surface area contributed by atoms with Crippen molar-refractivity contribution < 1.29 is 14.0 Å². The topological polar surface area (TPSA) is 93.2 Å². The number of urea groups is 1. The molecule has 0 aliphatic carbocycles. The van der Waals surface area contributed by atoms with Crippen LogP contribution in [-0.4, -0.2) is 39.7 Å². The number of carbonyl (C=O) groups excluding carboxylic acids is 2. The molecule has 0 saturated carbocycles. The maximum atomic E-state index is 13.0. The third kappa shape index (κ3) is 4.10. The average Bonchev–Trinajstić information content (AvgIpc) is 3.15. The SMILES string of the molecule is CCC1(C(N)=O)CCCN(C(=O)NCc2cnn(-c3ccc(F)cc3)c2)C1. The zero-order chi connectivity index (χ0) is 19.4. The molecule has 144 valence electrons. The summed E-state index contributed by atoms with van der Waals surface area (Å²) < 4.78 is 14.6. The first-order valence-corrected chi connectivity index (χ1v) is 9.06. The number of nitrogens with one attached hydrogen (secondary N) is 1. The molecular weight excluding hydrogens is 349 g/mol. The van der Waals surface area contributed by atoms with Crippen LogP contribution >= 0.6 is 0 Å². The van der Waals surface area contributed by atoms with Gasteiger partial charge in [-0.1, -0.05) is 6.92 Å². The Morgan fingerprint density at radius 2 is 2.07 bits per heavy atom. The van der Waals surface area contributed by atoms with Crippen LogP contribution in [0, 0.1) is 11.2 Å². The first-order chi connectivity index (χ1) is 12.9. The van der Waals surface area contributed by atoms with Gasteiger partial charge in [-0.25, -0.2) is 13.9 Å². The third-order valence-electron chi connectivity index (χ3n) is 5.23. The number of nitrogens with zero attached hydrogens (tertiary/aromatic N) is 3. The molecule has 1 aliphatic heterocycles. The minimum absolute atomic E-state index is 0.219. The maximum absolute atomic E-state index is 13.0. The molecule has 2 aromatic rings. The number of nitrogens with two attached hydrogens (primary N) is 1. The molecule has 3 N–H and O–H groups in total. The average molecular weight is 373 g/mol. The summed E-state index contributed by atoms with van der Waals surface area (Å²) in [4.78, 5) is 26.0. The second kappa shape index (κ2) is 7.77. The van der Waals surface area contributed by atoms with E-state index in [2.05, 4.69) is 10.4 Å². The van der Waals surface area contributed by atoms with Crippen LogP contribution in [0.25, 0.3) is 5.69 Å². The van der Waals surface area contributed by atoms with Crippen molar-refractivity contribution in [2.75, 3.05) is 13.1 Å². The Hall–Kier alpha value is -2.90. The molecular formula is C19H24FN5O2. The number of carbonyl (C=O) groups is 2. The first-order valence-electron chi connectivity index (χ1n) is 9.06. The van der Waals surface area contributed by atoms with Gasteiger partial charge in [-0.05, 0) is 43.5 Å². The lowest BCUT2D eigenvalue weighted by atomic mass is 9.77. The van der Waals surface area contributed by atoms with Crippen molar-refractivity contribution in [2.24, 2.45) is 11.1 Å². The fourth-order valence-electron chi connectivity index (χ4n) is 3.44. The van der Waals surface area contributed by atoms with Crippen molar-refractivity contribution in [2.45, 2.75) is 32.7 Å². The monoisotopic (exact) mass is 373 g/mol. The number of likely N-dealkylation sites (tertiary alicyclic amines) is 1. The number of rotatable bonds is 5. The van der Waals surface area contributed by atoms with Gasteiger partial charge in [-0.3, -0.25) is 4.79 Å². The molecule has 3 amide bonds. The van der Waals surface area contributed by atoms with Gasteiger partial charge in [0.2, 0.25) is 5.91 Å². The Labute approximate surface area is 157 Å². The Balaban J connectivity index is 1.59. The van der Waals surface area contributed by atoms with E-state index in [0.29, 0.717) is 32.5 Å². The summed E-state index contributed by atoms with van der Waals surface area (Å²) in [6.45, 7) is 3.19. The summed E-state index contributed by atoms with van der Waals surface area (Å²) >= 11 is 0. The van der Waals surface area contributed by atoms with Crippen molar-refractivity contribution in [1.82, 2.24) is 20.0 Å². The summed E-state index contributed by atoms with van der Waals surface area (Å²) in [7, 11) is 0. The van der Waals surface area contributed by atoms with Crippen LogP contribution in [0.15, 0.2) is 36.7 Å². The summed E-state index contributed by atoms with van der Waals surface area (Å²) in [5, 5.41) is 7.10. The molecule has 2 heterocycles. The van der Waals surface area contributed by atoms with Gasteiger partial charge in [0, 0.05) is 31.4 Å². The van der Waals surface area contributed by atoms with Crippen molar-refractivity contribution >= 4 is 11.9 Å². The van der Waals surface area contributed by atoms with E-state index >= 15 is 0 Å². The summed E-state index contributed by atoms with van der Waals surface area (Å²) in [6.07, 6.45) is 5.53. The van der Waals surface area contributed by atoms with Crippen molar-refractivity contribution in [1.29, 1.82) is 0 Å². The fraction of sp³-hybridized carbons (Fsp3) is 0.421. The third-order valence-corrected chi connectivity index (χ3v) is 5.23. The zero-order valence-electron chi connectivity index (χ0n) is 15.3. The Morgan fingerprint density at radius 1 is 1.33 bits per heavy atom. The molecule has 3 rings (SSSR count). The highest BCUT2D eigenvalue weighted by Gasteiger charge is 2.40. The molecule has 8 heteroatoms. The number of piperidine rings is 1. The molecule has 1 aromatic heterocycles. The lowest BCUT2D eigenvalue weighted by Crippen LogP contribution is -2.54. The number of benzene rings is 1. The lowest BCUT2D eigenvalue weighted by molar-refractivity contribution is -0.130. The number of amides is 3. The predicted octanol–water partition coefficient (Wildman–Crippen LogP) is 2.20. The fourth-order valence-corrected chi connectivity index (χ4v) is 3.44. The normalized spacial score (nSPS) is 19.7. The zero-order valence-corrected chi connectivity index (χ0v) is 15.3. The van der Waals surface area contributed by atoms with Crippen LogP contribution in [0.4, 0.5) is 9.18 Å². The smallest absolute Gasteiger partial charge is 0.317 e. The summed E-state index contributed by atoms with van der Waals surface area (Å²) in [5.41, 5.74) is 6.50. The van der Waals surface area contributed by atoms with Gasteiger partial charge < -0.3 is 16.0 Å². The van der Waals surface area contributed by atoms with E-state index in [4.69, 9.17) is 5.73 Å². The number of hydrogen-bond acceptors (Lipinski definition) is 3. The van der Waals surface area contributed by atoms with Gasteiger partial charge >= 0.3 is 6.03 Å². The van der Waals surface area contributed by atoms with E-state index in [1.54, 1.807) is 34.1 Å². The molecule has 1 atom stereocenters. The van der Waals surface area contributed by atoms with Crippen molar-refractivity contribution in [3.8, 4) is 5.69 Å². The highest BCUT2D eigenvalue weighted by Crippen LogP contribution is 2.33.